The molecular formula is C3H8O8P3+. The topological polar surface area (TPSA) is 130 Å². The van der Waals surface area contributed by atoms with Gasteiger partial charge in [0.2, 0.25) is 0 Å². The van der Waals surface area contributed by atoms with Crippen LogP contribution in [0.5, 0.6) is 0 Å². The summed E-state index contributed by atoms with van der Waals surface area (Å²) < 4.78 is 38.8. The summed E-state index contributed by atoms with van der Waals surface area (Å²) in [5, 5.41) is 0. The number of hydrogen-bond donors (Lipinski definition) is 3. The van der Waals surface area contributed by atoms with Gasteiger partial charge in [0, 0.05) is 4.57 Å². The molecular weight excluding hydrogens is 257 g/mol. The molecule has 0 aromatic carbocycles. The fourth-order valence-corrected chi connectivity index (χ4v) is 3.44. The molecule has 0 aromatic rings. The Morgan fingerprint density at radius 3 is 2.29 bits per heavy atom. The fraction of sp³-hybridized carbons (Fsp3) is 0.333. The Labute approximate surface area is 80.3 Å². The fourth-order valence-electron chi connectivity index (χ4n) is 0.461. The normalized spacial score (nSPS) is 20.6. The zero-order valence-electron chi connectivity index (χ0n) is 6.72. The van der Waals surface area contributed by atoms with Crippen LogP contribution < -0.4 is 0 Å². The van der Waals surface area contributed by atoms with E-state index in [1.807, 2.05) is 0 Å². The molecule has 0 amide bonds. The van der Waals surface area contributed by atoms with Crippen LogP contribution in [0.4, 0.5) is 0 Å². The molecule has 11 heteroatoms. The average molecular weight is 265 g/mol. The van der Waals surface area contributed by atoms with Crippen molar-refractivity contribution in [3.05, 3.63) is 12.7 Å². The van der Waals surface area contributed by atoms with E-state index in [0.29, 0.717) is 0 Å². The van der Waals surface area contributed by atoms with Gasteiger partial charge in [0.15, 0.2) is 0 Å². The summed E-state index contributed by atoms with van der Waals surface area (Å²) in [5.74, 6) is 0. The van der Waals surface area contributed by atoms with E-state index < -0.39 is 29.8 Å². The first kappa shape index (κ1) is 14.1. The van der Waals surface area contributed by atoms with Gasteiger partial charge in [-0.2, -0.15) is 0 Å². The van der Waals surface area contributed by atoms with Crippen LogP contribution in [0.1, 0.15) is 0 Å². The van der Waals surface area contributed by atoms with Crippen LogP contribution in [0.15, 0.2) is 12.7 Å². The number of hydrogen-bond acceptors (Lipinski definition) is 5. The quantitative estimate of drug-likeness (QED) is 0.481. The van der Waals surface area contributed by atoms with E-state index in [-0.39, 0.29) is 0 Å². The number of allylic oxidation sites excluding steroid dienone is 1. The highest BCUT2D eigenvalue weighted by atomic mass is 31.3. The van der Waals surface area contributed by atoms with Crippen LogP contribution in [0.2, 0.25) is 0 Å². The van der Waals surface area contributed by atoms with Crippen molar-refractivity contribution < 1.29 is 37.0 Å². The van der Waals surface area contributed by atoms with E-state index in [1.54, 1.807) is 0 Å². The Morgan fingerprint density at radius 1 is 1.43 bits per heavy atom. The highest BCUT2D eigenvalue weighted by Crippen LogP contribution is 2.62. The molecule has 0 aromatic heterocycles. The van der Waals surface area contributed by atoms with Crippen molar-refractivity contribution in [2.75, 3.05) is 6.16 Å². The molecule has 3 unspecified atom stereocenters. The minimum Gasteiger partial charge on any atom is -0.324 e. The van der Waals surface area contributed by atoms with E-state index in [9.17, 15) is 13.7 Å². The molecule has 0 fully saturated rings. The summed E-state index contributed by atoms with van der Waals surface area (Å²) in [5.41, 5.74) is 0. The van der Waals surface area contributed by atoms with Crippen LogP contribution in [0.25, 0.3) is 0 Å². The molecule has 0 bridgehead atoms. The molecule has 0 saturated carbocycles. The molecule has 3 N–H and O–H groups in total. The minimum atomic E-state index is -4.99. The molecule has 0 saturated heterocycles. The Morgan fingerprint density at radius 2 is 1.93 bits per heavy atom. The molecule has 0 spiro atoms. The summed E-state index contributed by atoms with van der Waals surface area (Å²) in [6, 6.07) is 0. The van der Waals surface area contributed by atoms with E-state index in [4.69, 9.17) is 14.7 Å². The predicted octanol–water partition coefficient (Wildman–Crippen LogP) is 1.14. The van der Waals surface area contributed by atoms with Crippen molar-refractivity contribution in [3.8, 4) is 0 Å². The smallest absolute Gasteiger partial charge is 0.324 e. The third-order valence-corrected chi connectivity index (χ3v) is 4.71. The first-order chi connectivity index (χ1) is 6.18. The standard InChI is InChI=1S/C3H7O8P3/c1-2-3-13(6,7)11-14(8,9)10-12(4)5/h2H,1,3H2,(H2-,4,5,6,7,8,9)/p+1. The van der Waals surface area contributed by atoms with E-state index >= 15 is 0 Å². The van der Waals surface area contributed by atoms with Gasteiger partial charge < -0.3 is 4.89 Å². The highest BCUT2D eigenvalue weighted by Gasteiger charge is 2.40. The van der Waals surface area contributed by atoms with E-state index in [2.05, 4.69) is 15.2 Å². The number of phosphoric acid groups is 1. The first-order valence-electron chi connectivity index (χ1n) is 3.01. The van der Waals surface area contributed by atoms with E-state index in [0.717, 1.165) is 6.08 Å². The second-order valence-electron chi connectivity index (χ2n) is 1.98. The molecule has 3 atom stereocenters. The van der Waals surface area contributed by atoms with Gasteiger partial charge in [-0.3, -0.25) is 9.46 Å². The Bertz CT molecular complexity index is 322. The van der Waals surface area contributed by atoms with E-state index in [1.165, 1.54) is 0 Å². The Hall–Kier alpha value is 0.1000. The molecule has 0 aliphatic rings. The molecule has 0 rings (SSSR count). The van der Waals surface area contributed by atoms with Crippen molar-refractivity contribution in [3.63, 3.8) is 0 Å². The molecule has 8 nitrogen and oxygen atoms in total. The first-order valence-corrected chi connectivity index (χ1v) is 7.40. The molecule has 14 heavy (non-hydrogen) atoms. The largest absolute Gasteiger partial charge is 0.705 e. The summed E-state index contributed by atoms with van der Waals surface area (Å²) in [7, 11) is -12.8. The second-order valence-corrected chi connectivity index (χ2v) is 6.34. The van der Waals surface area contributed by atoms with Crippen molar-refractivity contribution in [1.29, 1.82) is 0 Å². The van der Waals surface area contributed by atoms with Crippen molar-refractivity contribution >= 4 is 23.7 Å². The van der Waals surface area contributed by atoms with Gasteiger partial charge in [-0.25, -0.2) is 8.88 Å². The zero-order valence-corrected chi connectivity index (χ0v) is 9.40. The molecule has 0 radical (unpaired) electrons. The van der Waals surface area contributed by atoms with Gasteiger partial charge in [0.25, 0.3) is 0 Å². The SMILES string of the molecule is C=CCP(=O)(O)OP(=O)(O)O[P+](=O)O. The van der Waals surface area contributed by atoms with Gasteiger partial charge in [0.05, 0.1) is 6.16 Å². The van der Waals surface area contributed by atoms with Gasteiger partial charge >= 0.3 is 23.7 Å². The number of rotatable bonds is 6. The van der Waals surface area contributed by atoms with Crippen LogP contribution in [-0.2, 0) is 22.3 Å². The second kappa shape index (κ2) is 5.26. The lowest BCUT2D eigenvalue weighted by Crippen LogP contribution is -1.92. The van der Waals surface area contributed by atoms with Gasteiger partial charge in [0.1, 0.15) is 0 Å². The summed E-state index contributed by atoms with van der Waals surface area (Å²) in [6.45, 7) is 3.11. The molecule has 0 aliphatic heterocycles. The maximum Gasteiger partial charge on any atom is 0.705 e. The van der Waals surface area contributed by atoms with Crippen LogP contribution in [0, 0.1) is 0 Å². The lowest BCUT2D eigenvalue weighted by Gasteiger charge is -2.09. The average Bonchev–Trinajstić information content (AvgIpc) is 1.78. The third kappa shape index (κ3) is 6.54. The minimum absolute atomic E-state index is 0.580. The molecule has 0 heterocycles. The summed E-state index contributed by atoms with van der Waals surface area (Å²) in [6.07, 6.45) is 0.406. The highest BCUT2D eigenvalue weighted by molar-refractivity contribution is 7.66. The van der Waals surface area contributed by atoms with Crippen LogP contribution in [0.3, 0.4) is 0 Å². The van der Waals surface area contributed by atoms with Crippen LogP contribution in [-0.4, -0.2) is 20.8 Å². The monoisotopic (exact) mass is 265 g/mol. The van der Waals surface area contributed by atoms with Crippen LogP contribution >= 0.6 is 23.7 Å². The third-order valence-electron chi connectivity index (χ3n) is 0.764. The van der Waals surface area contributed by atoms with Gasteiger partial charge in [-0.05, 0) is 4.31 Å². The van der Waals surface area contributed by atoms with Crippen molar-refractivity contribution in [1.82, 2.24) is 0 Å². The maximum atomic E-state index is 10.9. The predicted molar refractivity (Wildman–Crippen MR) is 46.7 cm³/mol. The van der Waals surface area contributed by atoms with Gasteiger partial charge in [-0.1, -0.05) is 6.08 Å². The zero-order chi connectivity index (χ0) is 11.4. The summed E-state index contributed by atoms with van der Waals surface area (Å²) >= 11 is 0. The lowest BCUT2D eigenvalue weighted by molar-refractivity contribution is 0.264. The Kier molecular flexibility index (Phi) is 5.30. The van der Waals surface area contributed by atoms with Crippen molar-refractivity contribution in [2.24, 2.45) is 0 Å². The van der Waals surface area contributed by atoms with Crippen molar-refractivity contribution in [2.45, 2.75) is 0 Å². The maximum absolute atomic E-state index is 10.9. The Balaban J connectivity index is 4.49. The van der Waals surface area contributed by atoms with Gasteiger partial charge in [-0.15, -0.1) is 11.5 Å². The lowest BCUT2D eigenvalue weighted by atomic mass is 10.8. The summed E-state index contributed by atoms with van der Waals surface area (Å²) in [4.78, 5) is 25.6. The molecule has 0 aliphatic carbocycles. The molecule has 82 valence electrons.